The second kappa shape index (κ2) is 5.25. The van der Waals surface area contributed by atoms with E-state index >= 15 is 0 Å². The minimum Gasteiger partial charge on any atom is -0.493 e. The Bertz CT molecular complexity index is 662. The van der Waals surface area contributed by atoms with E-state index in [0.717, 1.165) is 15.9 Å². The van der Waals surface area contributed by atoms with Gasteiger partial charge in [-0.1, -0.05) is 17.4 Å². The highest BCUT2D eigenvalue weighted by molar-refractivity contribution is 7.10. The van der Waals surface area contributed by atoms with Gasteiger partial charge in [-0.15, -0.1) is 0 Å². The number of ether oxygens (including phenoxy) is 1. The SMILES string of the molecule is COC1=CC(=Cc2sc(=O)n(CO)c2O)C=CC1=O. The van der Waals surface area contributed by atoms with Gasteiger partial charge in [-0.3, -0.25) is 9.59 Å². The van der Waals surface area contributed by atoms with Gasteiger partial charge in [-0.25, -0.2) is 4.57 Å². The topological polar surface area (TPSA) is 88.8 Å². The summed E-state index contributed by atoms with van der Waals surface area (Å²) in [5.41, 5.74) is 0.609. The van der Waals surface area contributed by atoms with E-state index in [4.69, 9.17) is 9.84 Å². The van der Waals surface area contributed by atoms with E-state index in [1.807, 2.05) is 0 Å². The zero-order valence-electron chi connectivity index (χ0n) is 9.99. The van der Waals surface area contributed by atoms with Gasteiger partial charge >= 0.3 is 4.87 Å². The Balaban J connectivity index is 2.43. The number of methoxy groups -OCH3 is 1. The third kappa shape index (κ3) is 2.51. The van der Waals surface area contributed by atoms with E-state index in [0.29, 0.717) is 10.5 Å². The number of hydrogen-bond donors (Lipinski definition) is 2. The molecule has 1 aromatic heterocycles. The number of ketones is 1. The average Bonchev–Trinajstić information content (AvgIpc) is 2.66. The van der Waals surface area contributed by atoms with Crippen molar-refractivity contribution in [2.75, 3.05) is 7.11 Å². The zero-order valence-corrected chi connectivity index (χ0v) is 10.8. The number of aromatic hydroxyl groups is 1. The Morgan fingerprint density at radius 2 is 2.16 bits per heavy atom. The van der Waals surface area contributed by atoms with Crippen LogP contribution in [0.2, 0.25) is 0 Å². The molecule has 1 aliphatic carbocycles. The molecule has 1 aliphatic rings. The second-order valence-electron chi connectivity index (χ2n) is 3.68. The maximum absolute atomic E-state index is 11.4. The van der Waals surface area contributed by atoms with Crippen LogP contribution in [0.15, 0.2) is 34.4 Å². The molecule has 0 saturated carbocycles. The summed E-state index contributed by atoms with van der Waals surface area (Å²) >= 11 is 0.801. The number of carbonyl (C=O) groups excluding carboxylic acids is 1. The molecular formula is C12H11NO5S. The van der Waals surface area contributed by atoms with Crippen LogP contribution in [0.3, 0.4) is 0 Å². The highest BCUT2D eigenvalue weighted by Crippen LogP contribution is 2.25. The van der Waals surface area contributed by atoms with Crippen molar-refractivity contribution in [2.45, 2.75) is 6.73 Å². The molecule has 7 heteroatoms. The lowest BCUT2D eigenvalue weighted by Gasteiger charge is -2.07. The molecule has 19 heavy (non-hydrogen) atoms. The molecule has 1 aromatic rings. The molecule has 0 aromatic carbocycles. The Morgan fingerprint density at radius 3 is 2.74 bits per heavy atom. The van der Waals surface area contributed by atoms with Crippen LogP contribution in [-0.4, -0.2) is 27.7 Å². The predicted octanol–water partition coefficient (Wildman–Crippen LogP) is 0.618. The number of aliphatic hydroxyl groups is 1. The molecule has 0 fully saturated rings. The van der Waals surface area contributed by atoms with Gasteiger partial charge < -0.3 is 14.9 Å². The molecular weight excluding hydrogens is 270 g/mol. The lowest BCUT2D eigenvalue weighted by Crippen LogP contribution is -2.11. The number of carbonyl (C=O) groups is 1. The minimum absolute atomic E-state index is 0.183. The van der Waals surface area contributed by atoms with Crippen LogP contribution < -0.4 is 4.87 Å². The lowest BCUT2D eigenvalue weighted by atomic mass is 10.1. The van der Waals surface area contributed by atoms with Crippen LogP contribution in [0.4, 0.5) is 0 Å². The van der Waals surface area contributed by atoms with E-state index in [-0.39, 0.29) is 17.4 Å². The third-order valence-corrected chi connectivity index (χ3v) is 3.44. The first-order valence-corrected chi connectivity index (χ1v) is 6.11. The first-order valence-electron chi connectivity index (χ1n) is 5.30. The van der Waals surface area contributed by atoms with Crippen LogP contribution in [0.5, 0.6) is 5.88 Å². The van der Waals surface area contributed by atoms with Crippen LogP contribution in [0.1, 0.15) is 4.88 Å². The molecule has 0 amide bonds. The van der Waals surface area contributed by atoms with Crippen molar-refractivity contribution in [3.05, 3.63) is 44.1 Å². The number of allylic oxidation sites excluding steroid dienone is 4. The summed E-state index contributed by atoms with van der Waals surface area (Å²) < 4.78 is 5.75. The Kier molecular flexibility index (Phi) is 3.68. The fourth-order valence-electron chi connectivity index (χ4n) is 1.56. The summed E-state index contributed by atoms with van der Waals surface area (Å²) in [7, 11) is 1.39. The van der Waals surface area contributed by atoms with Crippen molar-refractivity contribution in [3.63, 3.8) is 0 Å². The van der Waals surface area contributed by atoms with Crippen LogP contribution in [0.25, 0.3) is 6.08 Å². The number of hydrogen-bond acceptors (Lipinski definition) is 6. The molecule has 0 unspecified atom stereocenters. The minimum atomic E-state index is -0.585. The van der Waals surface area contributed by atoms with Gasteiger partial charge in [0.15, 0.2) is 5.76 Å². The normalized spacial score (nSPS) is 16.8. The molecule has 2 N–H and O–H groups in total. The van der Waals surface area contributed by atoms with Gasteiger partial charge in [0, 0.05) is 0 Å². The van der Waals surface area contributed by atoms with Gasteiger partial charge in [0.25, 0.3) is 0 Å². The van der Waals surface area contributed by atoms with Gasteiger partial charge in [-0.05, 0) is 23.8 Å². The van der Waals surface area contributed by atoms with E-state index < -0.39 is 11.6 Å². The van der Waals surface area contributed by atoms with Gasteiger partial charge in [0.1, 0.15) is 6.73 Å². The van der Waals surface area contributed by atoms with E-state index in [1.54, 1.807) is 6.08 Å². The first kappa shape index (κ1) is 13.3. The zero-order chi connectivity index (χ0) is 14.0. The van der Waals surface area contributed by atoms with Gasteiger partial charge in [0.2, 0.25) is 11.7 Å². The number of aliphatic hydroxyl groups excluding tert-OH is 1. The van der Waals surface area contributed by atoms with Crippen LogP contribution in [-0.2, 0) is 16.3 Å². The Hall–Kier alpha value is -2.12. The Morgan fingerprint density at radius 1 is 1.42 bits per heavy atom. The van der Waals surface area contributed by atoms with Crippen molar-refractivity contribution in [3.8, 4) is 5.88 Å². The van der Waals surface area contributed by atoms with Gasteiger partial charge in [-0.2, -0.15) is 0 Å². The number of aromatic nitrogens is 1. The molecule has 1 heterocycles. The van der Waals surface area contributed by atoms with Crippen molar-refractivity contribution < 1.29 is 19.7 Å². The van der Waals surface area contributed by atoms with E-state index in [2.05, 4.69) is 0 Å². The molecule has 0 spiro atoms. The largest absolute Gasteiger partial charge is 0.493 e. The summed E-state index contributed by atoms with van der Waals surface area (Å²) in [6.07, 6.45) is 5.94. The molecule has 0 saturated heterocycles. The standard InChI is InChI=1S/C12H11NO5S/c1-18-9-4-7(2-3-8(9)15)5-10-11(16)13(6-14)12(17)19-10/h2-5,14,16H,6H2,1H3. The number of thiazole rings is 1. The molecule has 2 rings (SSSR count). The number of nitrogens with zero attached hydrogens (tertiary/aromatic N) is 1. The fraction of sp³-hybridized carbons (Fsp3) is 0.167. The van der Waals surface area contributed by atoms with Crippen molar-refractivity contribution in [1.82, 2.24) is 4.57 Å². The summed E-state index contributed by atoms with van der Waals surface area (Å²) in [5.74, 6) is -0.366. The van der Waals surface area contributed by atoms with Crippen molar-refractivity contribution in [1.29, 1.82) is 0 Å². The highest BCUT2D eigenvalue weighted by atomic mass is 32.1. The third-order valence-electron chi connectivity index (χ3n) is 2.52. The maximum atomic E-state index is 11.4. The molecule has 0 bridgehead atoms. The first-order chi connectivity index (χ1) is 9.06. The fourth-order valence-corrected chi connectivity index (χ4v) is 2.40. The summed E-state index contributed by atoms with van der Waals surface area (Å²) in [6.45, 7) is -0.585. The smallest absolute Gasteiger partial charge is 0.312 e. The lowest BCUT2D eigenvalue weighted by molar-refractivity contribution is -0.114. The van der Waals surface area contributed by atoms with Gasteiger partial charge in [0.05, 0.1) is 12.0 Å². The van der Waals surface area contributed by atoms with Crippen molar-refractivity contribution >= 4 is 23.2 Å². The monoisotopic (exact) mass is 281 g/mol. The molecule has 0 aliphatic heterocycles. The Labute approximate surface area is 112 Å². The average molecular weight is 281 g/mol. The summed E-state index contributed by atoms with van der Waals surface area (Å²) in [5, 5.41) is 18.7. The van der Waals surface area contributed by atoms with Crippen LogP contribution >= 0.6 is 11.3 Å². The molecule has 0 radical (unpaired) electrons. The quantitative estimate of drug-likeness (QED) is 0.847. The molecule has 0 atom stereocenters. The predicted molar refractivity (Wildman–Crippen MR) is 69.7 cm³/mol. The van der Waals surface area contributed by atoms with Crippen molar-refractivity contribution in [2.24, 2.45) is 0 Å². The van der Waals surface area contributed by atoms with E-state index in [1.165, 1.54) is 25.3 Å². The van der Waals surface area contributed by atoms with Crippen LogP contribution in [0, 0.1) is 0 Å². The summed E-state index contributed by atoms with van der Waals surface area (Å²) in [4.78, 5) is 22.6. The maximum Gasteiger partial charge on any atom is 0.312 e. The molecule has 6 nitrogen and oxygen atoms in total. The number of rotatable bonds is 3. The second-order valence-corrected chi connectivity index (χ2v) is 4.67. The summed E-state index contributed by atoms with van der Waals surface area (Å²) in [6, 6.07) is 0. The highest BCUT2D eigenvalue weighted by Gasteiger charge is 2.14. The molecule has 100 valence electrons. The van der Waals surface area contributed by atoms with E-state index in [9.17, 15) is 14.7 Å².